The normalized spacial score (nSPS) is 19.8. The van der Waals surface area contributed by atoms with Crippen LogP contribution in [0.3, 0.4) is 0 Å². The number of rotatable bonds is 4. The van der Waals surface area contributed by atoms with Crippen molar-refractivity contribution in [1.29, 1.82) is 0 Å². The Morgan fingerprint density at radius 3 is 2.96 bits per heavy atom. The molecule has 4 rings (SSSR count). The molecular formula is C18H21N3O2. The van der Waals surface area contributed by atoms with Crippen molar-refractivity contribution in [3.05, 3.63) is 47.8 Å². The quantitative estimate of drug-likeness (QED) is 0.869. The molecule has 0 bridgehead atoms. The highest BCUT2D eigenvalue weighted by Crippen LogP contribution is 2.33. The number of hydrogen-bond acceptors (Lipinski definition) is 3. The first kappa shape index (κ1) is 14.3. The first-order chi connectivity index (χ1) is 11.2. The van der Waals surface area contributed by atoms with E-state index in [1.54, 1.807) is 4.68 Å². The molecule has 0 unspecified atom stereocenters. The Morgan fingerprint density at radius 2 is 2.22 bits per heavy atom. The summed E-state index contributed by atoms with van der Waals surface area (Å²) in [7, 11) is 1.90. The van der Waals surface area contributed by atoms with Crippen molar-refractivity contribution < 1.29 is 9.53 Å². The second-order valence-electron chi connectivity index (χ2n) is 6.54. The molecule has 1 aromatic heterocycles. The summed E-state index contributed by atoms with van der Waals surface area (Å²) in [5, 5.41) is 4.21. The number of para-hydroxylation sites is 1. The zero-order valence-corrected chi connectivity index (χ0v) is 13.3. The molecule has 1 aliphatic carbocycles. The lowest BCUT2D eigenvalue weighted by atomic mass is 9.95. The van der Waals surface area contributed by atoms with Gasteiger partial charge in [0.25, 0.3) is 0 Å². The van der Waals surface area contributed by atoms with E-state index in [1.165, 1.54) is 0 Å². The Labute approximate surface area is 135 Å². The molecule has 1 fully saturated rings. The predicted octanol–water partition coefficient (Wildman–Crippen LogP) is 2.16. The molecular weight excluding hydrogens is 290 g/mol. The SMILES string of the molecule is Cn1cc(CN(C(=O)[C@H]2COc3ccccc3C2)C2CC2)cn1. The highest BCUT2D eigenvalue weighted by Gasteiger charge is 2.37. The zero-order valence-electron chi connectivity index (χ0n) is 13.3. The predicted molar refractivity (Wildman–Crippen MR) is 85.9 cm³/mol. The molecule has 2 heterocycles. The van der Waals surface area contributed by atoms with E-state index in [0.29, 0.717) is 19.2 Å². The Bertz CT molecular complexity index is 721. The number of nitrogens with zero attached hydrogens (tertiary/aromatic N) is 3. The summed E-state index contributed by atoms with van der Waals surface area (Å²) in [5.74, 6) is 1.05. The minimum atomic E-state index is -0.0813. The van der Waals surface area contributed by atoms with Gasteiger partial charge in [-0.3, -0.25) is 9.48 Å². The van der Waals surface area contributed by atoms with Crippen molar-refractivity contribution in [1.82, 2.24) is 14.7 Å². The zero-order chi connectivity index (χ0) is 15.8. The first-order valence-corrected chi connectivity index (χ1v) is 8.19. The maximum absolute atomic E-state index is 13.0. The van der Waals surface area contributed by atoms with Crippen LogP contribution in [0.15, 0.2) is 36.7 Å². The van der Waals surface area contributed by atoms with Gasteiger partial charge in [0.15, 0.2) is 0 Å². The molecule has 0 N–H and O–H groups in total. The Balaban J connectivity index is 1.50. The highest BCUT2D eigenvalue weighted by atomic mass is 16.5. The third kappa shape index (κ3) is 2.96. The van der Waals surface area contributed by atoms with Gasteiger partial charge in [-0.25, -0.2) is 0 Å². The van der Waals surface area contributed by atoms with Crippen LogP contribution in [-0.4, -0.2) is 33.2 Å². The second-order valence-corrected chi connectivity index (χ2v) is 6.54. The van der Waals surface area contributed by atoms with Crippen LogP contribution in [-0.2, 0) is 24.8 Å². The van der Waals surface area contributed by atoms with Gasteiger partial charge in [0.1, 0.15) is 12.4 Å². The van der Waals surface area contributed by atoms with Crippen molar-refractivity contribution in [2.45, 2.75) is 31.8 Å². The minimum Gasteiger partial charge on any atom is -0.492 e. The number of ether oxygens (including phenoxy) is 1. The molecule has 1 aromatic carbocycles. The third-order valence-corrected chi connectivity index (χ3v) is 4.61. The smallest absolute Gasteiger partial charge is 0.230 e. The van der Waals surface area contributed by atoms with E-state index in [2.05, 4.69) is 11.2 Å². The number of amides is 1. The van der Waals surface area contributed by atoms with Crippen LogP contribution in [0.25, 0.3) is 0 Å². The molecule has 5 heteroatoms. The molecule has 1 atom stereocenters. The van der Waals surface area contributed by atoms with E-state index in [0.717, 1.165) is 36.1 Å². The summed E-state index contributed by atoms with van der Waals surface area (Å²) >= 11 is 0. The van der Waals surface area contributed by atoms with Gasteiger partial charge in [0.05, 0.1) is 12.1 Å². The van der Waals surface area contributed by atoms with Crippen LogP contribution in [0.1, 0.15) is 24.0 Å². The lowest BCUT2D eigenvalue weighted by Crippen LogP contribution is -2.41. The standard InChI is InChI=1S/C18H21N3O2/c1-20-10-13(9-19-20)11-21(16-6-7-16)18(22)15-8-14-4-2-3-5-17(14)23-12-15/h2-5,9-10,15-16H,6-8,11-12H2,1H3/t15-/m1/s1. The van der Waals surface area contributed by atoms with Gasteiger partial charge in [-0.15, -0.1) is 0 Å². The van der Waals surface area contributed by atoms with Crippen LogP contribution < -0.4 is 4.74 Å². The molecule has 1 saturated carbocycles. The lowest BCUT2D eigenvalue weighted by Gasteiger charge is -2.30. The molecule has 0 saturated heterocycles. The number of hydrogen-bond donors (Lipinski definition) is 0. The van der Waals surface area contributed by atoms with Gasteiger partial charge in [0.2, 0.25) is 5.91 Å². The molecule has 2 aromatic rings. The maximum Gasteiger partial charge on any atom is 0.230 e. The number of carbonyl (C=O) groups is 1. The van der Waals surface area contributed by atoms with Gasteiger partial charge in [-0.05, 0) is 30.9 Å². The topological polar surface area (TPSA) is 47.4 Å². The van der Waals surface area contributed by atoms with E-state index in [1.807, 2.05) is 42.5 Å². The van der Waals surface area contributed by atoms with Crippen molar-refractivity contribution >= 4 is 5.91 Å². The lowest BCUT2D eigenvalue weighted by molar-refractivity contribution is -0.138. The van der Waals surface area contributed by atoms with E-state index >= 15 is 0 Å². The number of benzene rings is 1. The first-order valence-electron chi connectivity index (χ1n) is 8.19. The summed E-state index contributed by atoms with van der Waals surface area (Å²) in [5.41, 5.74) is 2.22. The largest absolute Gasteiger partial charge is 0.492 e. The van der Waals surface area contributed by atoms with Crippen molar-refractivity contribution in [3.8, 4) is 5.75 Å². The molecule has 5 nitrogen and oxygen atoms in total. The average molecular weight is 311 g/mol. The average Bonchev–Trinajstić information content (AvgIpc) is 3.34. The summed E-state index contributed by atoms with van der Waals surface area (Å²) in [6, 6.07) is 8.39. The summed E-state index contributed by atoms with van der Waals surface area (Å²) in [6.07, 6.45) is 6.81. The van der Waals surface area contributed by atoms with Crippen molar-refractivity contribution in [2.24, 2.45) is 13.0 Å². The van der Waals surface area contributed by atoms with Gasteiger partial charge in [-0.2, -0.15) is 5.10 Å². The third-order valence-electron chi connectivity index (χ3n) is 4.61. The molecule has 2 aliphatic rings. The van der Waals surface area contributed by atoms with Gasteiger partial charge in [-0.1, -0.05) is 18.2 Å². The van der Waals surface area contributed by atoms with E-state index in [-0.39, 0.29) is 11.8 Å². The number of carbonyl (C=O) groups excluding carboxylic acids is 1. The molecule has 0 spiro atoms. The van der Waals surface area contributed by atoms with Gasteiger partial charge >= 0.3 is 0 Å². The number of aromatic nitrogens is 2. The Morgan fingerprint density at radius 1 is 1.39 bits per heavy atom. The molecule has 1 aliphatic heterocycles. The number of fused-ring (bicyclic) bond motifs is 1. The fourth-order valence-electron chi connectivity index (χ4n) is 3.24. The van der Waals surface area contributed by atoms with E-state index in [4.69, 9.17) is 4.74 Å². The maximum atomic E-state index is 13.0. The van der Waals surface area contributed by atoms with Crippen LogP contribution in [0.4, 0.5) is 0 Å². The summed E-state index contributed by atoms with van der Waals surface area (Å²) < 4.78 is 7.58. The fourth-order valence-corrected chi connectivity index (χ4v) is 3.24. The van der Waals surface area contributed by atoms with Crippen molar-refractivity contribution in [2.75, 3.05) is 6.61 Å². The molecule has 23 heavy (non-hydrogen) atoms. The van der Waals surface area contributed by atoms with E-state index < -0.39 is 0 Å². The molecule has 120 valence electrons. The van der Waals surface area contributed by atoms with Crippen LogP contribution in [0.2, 0.25) is 0 Å². The van der Waals surface area contributed by atoms with Gasteiger partial charge in [0, 0.05) is 31.4 Å². The van der Waals surface area contributed by atoms with Crippen LogP contribution >= 0.6 is 0 Å². The van der Waals surface area contributed by atoms with E-state index in [9.17, 15) is 4.79 Å². The van der Waals surface area contributed by atoms with Crippen molar-refractivity contribution in [3.63, 3.8) is 0 Å². The Hall–Kier alpha value is -2.30. The summed E-state index contributed by atoms with van der Waals surface area (Å²) in [6.45, 7) is 1.13. The fraction of sp³-hybridized carbons (Fsp3) is 0.444. The number of aryl methyl sites for hydroxylation is 1. The monoisotopic (exact) mass is 311 g/mol. The van der Waals surface area contributed by atoms with Gasteiger partial charge < -0.3 is 9.64 Å². The Kier molecular flexibility index (Phi) is 3.56. The molecule has 0 radical (unpaired) electrons. The highest BCUT2D eigenvalue weighted by molar-refractivity contribution is 5.80. The van der Waals surface area contributed by atoms with Crippen LogP contribution in [0, 0.1) is 5.92 Å². The summed E-state index contributed by atoms with van der Waals surface area (Å²) in [4.78, 5) is 15.0. The van der Waals surface area contributed by atoms with Crippen LogP contribution in [0.5, 0.6) is 5.75 Å². The second kappa shape index (κ2) is 5.72. The molecule has 1 amide bonds. The minimum absolute atomic E-state index is 0.0813.